The first-order valence-electron chi connectivity index (χ1n) is 5.82. The van der Waals surface area contributed by atoms with E-state index in [0.717, 1.165) is 11.3 Å². The fourth-order valence-electron chi connectivity index (χ4n) is 1.64. The number of nitrogens with one attached hydrogen (secondary N) is 2. The molecule has 18 heavy (non-hydrogen) atoms. The van der Waals surface area contributed by atoms with Crippen molar-refractivity contribution in [2.24, 2.45) is 0 Å². The number of methoxy groups -OCH3 is 1. The maximum absolute atomic E-state index is 11.7. The lowest BCUT2D eigenvalue weighted by molar-refractivity contribution is -0.120. The van der Waals surface area contributed by atoms with Gasteiger partial charge in [0.25, 0.3) is 0 Å². The van der Waals surface area contributed by atoms with Crippen LogP contribution >= 0.6 is 11.6 Å². The van der Waals surface area contributed by atoms with Crippen LogP contribution in [0.4, 0.5) is 5.69 Å². The Balaban J connectivity index is 2.48. The van der Waals surface area contributed by atoms with E-state index in [1.54, 1.807) is 13.2 Å². The van der Waals surface area contributed by atoms with Crippen molar-refractivity contribution >= 4 is 23.2 Å². The second-order valence-electron chi connectivity index (χ2n) is 4.21. The summed E-state index contributed by atoms with van der Waals surface area (Å²) in [5.41, 5.74) is 1.81. The summed E-state index contributed by atoms with van der Waals surface area (Å²) in [6, 6.07) is 5.61. The van der Waals surface area contributed by atoms with E-state index >= 15 is 0 Å². The van der Waals surface area contributed by atoms with E-state index in [9.17, 15) is 4.79 Å². The van der Waals surface area contributed by atoms with Gasteiger partial charge in [0.2, 0.25) is 5.91 Å². The van der Waals surface area contributed by atoms with E-state index in [-0.39, 0.29) is 18.5 Å². The Hall–Kier alpha value is -1.26. The molecular formula is C13H19ClN2O2. The van der Waals surface area contributed by atoms with Gasteiger partial charge in [0.1, 0.15) is 0 Å². The smallest absolute Gasteiger partial charge is 0.239 e. The van der Waals surface area contributed by atoms with Gasteiger partial charge in [-0.1, -0.05) is 23.7 Å². The summed E-state index contributed by atoms with van der Waals surface area (Å²) in [6.45, 7) is 4.53. The molecule has 0 fully saturated rings. The molecule has 1 unspecified atom stereocenters. The molecule has 1 atom stereocenters. The number of aryl methyl sites for hydroxylation is 1. The fraction of sp³-hybridized carbons (Fsp3) is 0.462. The Morgan fingerprint density at radius 1 is 1.50 bits per heavy atom. The molecule has 0 aromatic heterocycles. The SMILES string of the molecule is COCC(C)NC(=O)CNc1c(C)cccc1Cl. The monoisotopic (exact) mass is 270 g/mol. The molecule has 0 saturated carbocycles. The molecular weight excluding hydrogens is 252 g/mol. The lowest BCUT2D eigenvalue weighted by Gasteiger charge is -2.15. The van der Waals surface area contributed by atoms with Gasteiger partial charge in [-0.25, -0.2) is 0 Å². The van der Waals surface area contributed by atoms with Crippen LogP contribution < -0.4 is 10.6 Å². The van der Waals surface area contributed by atoms with Crippen molar-refractivity contribution in [2.45, 2.75) is 19.9 Å². The molecule has 0 aliphatic rings. The highest BCUT2D eigenvalue weighted by Gasteiger charge is 2.08. The molecule has 2 N–H and O–H groups in total. The molecule has 0 aliphatic carbocycles. The molecule has 0 bridgehead atoms. The Kier molecular flexibility index (Phi) is 5.95. The van der Waals surface area contributed by atoms with E-state index in [0.29, 0.717) is 11.6 Å². The Morgan fingerprint density at radius 2 is 2.22 bits per heavy atom. The number of carbonyl (C=O) groups is 1. The zero-order valence-electron chi connectivity index (χ0n) is 10.9. The molecule has 0 spiro atoms. The van der Waals surface area contributed by atoms with Gasteiger partial charge < -0.3 is 15.4 Å². The topological polar surface area (TPSA) is 50.4 Å². The number of hydrogen-bond donors (Lipinski definition) is 2. The molecule has 5 heteroatoms. The lowest BCUT2D eigenvalue weighted by Crippen LogP contribution is -2.39. The minimum Gasteiger partial charge on any atom is -0.383 e. The van der Waals surface area contributed by atoms with Crippen LogP contribution in [-0.2, 0) is 9.53 Å². The number of hydrogen-bond acceptors (Lipinski definition) is 3. The maximum atomic E-state index is 11.7. The van der Waals surface area contributed by atoms with E-state index in [1.807, 2.05) is 26.0 Å². The summed E-state index contributed by atoms with van der Waals surface area (Å²) in [7, 11) is 1.61. The summed E-state index contributed by atoms with van der Waals surface area (Å²) in [6.07, 6.45) is 0. The van der Waals surface area contributed by atoms with Gasteiger partial charge in [0, 0.05) is 13.2 Å². The van der Waals surface area contributed by atoms with Gasteiger partial charge in [-0.15, -0.1) is 0 Å². The first-order chi connectivity index (χ1) is 8.54. The number of carbonyl (C=O) groups excluding carboxylic acids is 1. The van der Waals surface area contributed by atoms with Crippen LogP contribution in [0.25, 0.3) is 0 Å². The van der Waals surface area contributed by atoms with Gasteiger partial charge in [-0.05, 0) is 25.5 Å². The van der Waals surface area contributed by atoms with Gasteiger partial charge >= 0.3 is 0 Å². The van der Waals surface area contributed by atoms with E-state index in [1.165, 1.54) is 0 Å². The Labute approximate surface area is 113 Å². The van der Waals surface area contributed by atoms with Crippen molar-refractivity contribution < 1.29 is 9.53 Å². The van der Waals surface area contributed by atoms with Crippen molar-refractivity contribution in [1.82, 2.24) is 5.32 Å². The first-order valence-corrected chi connectivity index (χ1v) is 6.19. The van der Waals surface area contributed by atoms with Gasteiger partial charge in [-0.3, -0.25) is 4.79 Å². The molecule has 1 aromatic carbocycles. The number of para-hydroxylation sites is 1. The highest BCUT2D eigenvalue weighted by Crippen LogP contribution is 2.24. The van der Waals surface area contributed by atoms with Crippen LogP contribution in [-0.4, -0.2) is 32.2 Å². The molecule has 1 rings (SSSR count). The van der Waals surface area contributed by atoms with Gasteiger partial charge in [-0.2, -0.15) is 0 Å². The first kappa shape index (κ1) is 14.8. The van der Waals surface area contributed by atoms with Crippen LogP contribution in [0, 0.1) is 6.92 Å². The van der Waals surface area contributed by atoms with Crippen LogP contribution in [0.1, 0.15) is 12.5 Å². The molecule has 0 saturated heterocycles. The van der Waals surface area contributed by atoms with Gasteiger partial charge in [0.15, 0.2) is 0 Å². The third kappa shape index (κ3) is 4.55. The summed E-state index contributed by atoms with van der Waals surface area (Å²) in [4.78, 5) is 11.7. The normalized spacial score (nSPS) is 12.0. The molecule has 1 aromatic rings. The summed E-state index contributed by atoms with van der Waals surface area (Å²) in [5.74, 6) is -0.0844. The van der Waals surface area contributed by atoms with Crippen LogP contribution in [0.2, 0.25) is 5.02 Å². The van der Waals surface area contributed by atoms with Crippen molar-refractivity contribution in [3.05, 3.63) is 28.8 Å². The number of halogens is 1. The van der Waals surface area contributed by atoms with Crippen molar-refractivity contribution in [2.75, 3.05) is 25.6 Å². The molecule has 0 aliphatic heterocycles. The highest BCUT2D eigenvalue weighted by atomic mass is 35.5. The number of anilines is 1. The predicted molar refractivity (Wildman–Crippen MR) is 74.2 cm³/mol. The third-order valence-electron chi connectivity index (χ3n) is 2.47. The van der Waals surface area contributed by atoms with E-state index < -0.39 is 0 Å². The number of ether oxygens (including phenoxy) is 1. The van der Waals surface area contributed by atoms with Crippen LogP contribution in [0.15, 0.2) is 18.2 Å². The molecule has 100 valence electrons. The van der Waals surface area contributed by atoms with Crippen molar-refractivity contribution in [3.8, 4) is 0 Å². The predicted octanol–water partition coefficient (Wildman–Crippen LogP) is 2.21. The zero-order valence-corrected chi connectivity index (χ0v) is 11.7. The molecule has 4 nitrogen and oxygen atoms in total. The third-order valence-corrected chi connectivity index (χ3v) is 2.79. The summed E-state index contributed by atoms with van der Waals surface area (Å²) < 4.78 is 4.95. The van der Waals surface area contributed by atoms with E-state index in [4.69, 9.17) is 16.3 Å². The average Bonchev–Trinajstić information content (AvgIpc) is 2.28. The van der Waals surface area contributed by atoms with Crippen LogP contribution in [0.3, 0.4) is 0 Å². The Morgan fingerprint density at radius 3 is 2.83 bits per heavy atom. The summed E-state index contributed by atoms with van der Waals surface area (Å²) in [5, 5.41) is 6.48. The largest absolute Gasteiger partial charge is 0.383 e. The fourth-order valence-corrected chi connectivity index (χ4v) is 1.93. The average molecular weight is 271 g/mol. The molecule has 0 heterocycles. The van der Waals surface area contributed by atoms with Crippen molar-refractivity contribution in [1.29, 1.82) is 0 Å². The second kappa shape index (κ2) is 7.24. The maximum Gasteiger partial charge on any atom is 0.239 e. The number of rotatable bonds is 6. The van der Waals surface area contributed by atoms with Crippen LogP contribution in [0.5, 0.6) is 0 Å². The second-order valence-corrected chi connectivity index (χ2v) is 4.62. The standard InChI is InChI=1S/C13H19ClN2O2/c1-9-5-4-6-11(14)13(9)15-7-12(17)16-10(2)8-18-3/h4-6,10,15H,7-8H2,1-3H3,(H,16,17). The van der Waals surface area contributed by atoms with Gasteiger partial charge in [0.05, 0.1) is 23.9 Å². The molecule has 1 amide bonds. The lowest BCUT2D eigenvalue weighted by atomic mass is 10.2. The quantitative estimate of drug-likeness (QED) is 0.833. The minimum atomic E-state index is -0.0844. The zero-order chi connectivity index (χ0) is 13.5. The van der Waals surface area contributed by atoms with Crippen molar-refractivity contribution in [3.63, 3.8) is 0 Å². The number of benzene rings is 1. The van der Waals surface area contributed by atoms with E-state index in [2.05, 4.69) is 10.6 Å². The summed E-state index contributed by atoms with van der Waals surface area (Å²) >= 11 is 6.05. The Bertz CT molecular complexity index is 390. The minimum absolute atomic E-state index is 0.00311. The number of amides is 1. The molecule has 0 radical (unpaired) electrons. The highest BCUT2D eigenvalue weighted by molar-refractivity contribution is 6.33.